The molecule has 12 heteroatoms. The van der Waals surface area contributed by atoms with Crippen molar-refractivity contribution in [2.24, 2.45) is 5.16 Å². The fraction of sp³-hybridized carbons (Fsp3) is 0.500. The summed E-state index contributed by atoms with van der Waals surface area (Å²) >= 11 is 0. The van der Waals surface area contributed by atoms with Crippen molar-refractivity contribution in [3.63, 3.8) is 0 Å². The molecule has 2 heterocycles. The zero-order chi connectivity index (χ0) is 26.1. The molecule has 1 aliphatic heterocycles. The zero-order valence-corrected chi connectivity index (χ0v) is 21.5. The molecule has 1 atom stereocenters. The number of benzene rings is 1. The Hall–Kier alpha value is -3.25. The molecule has 1 aromatic carbocycles. The fourth-order valence-corrected chi connectivity index (χ4v) is 5.18. The SMILES string of the molecule is Cc1cc(NC(=O)C(=NO[C@@H]2CCOC2)c2ccc(S(=O)(=O)C3CC3)cc2)nn1C(=O)OC(C)(C)C. The quantitative estimate of drug-likeness (QED) is 0.436. The number of hydrogen-bond acceptors (Lipinski definition) is 9. The van der Waals surface area contributed by atoms with Crippen molar-refractivity contribution in [3.05, 3.63) is 41.6 Å². The maximum atomic E-state index is 13.2. The number of aryl methyl sites for hydroxylation is 1. The van der Waals surface area contributed by atoms with E-state index in [0.29, 0.717) is 43.7 Å². The van der Waals surface area contributed by atoms with Gasteiger partial charge in [-0.15, -0.1) is 5.10 Å². The van der Waals surface area contributed by atoms with E-state index < -0.39 is 27.4 Å². The van der Waals surface area contributed by atoms with Crippen LogP contribution in [0.4, 0.5) is 10.6 Å². The normalized spacial score (nSPS) is 18.7. The Morgan fingerprint density at radius 1 is 1.17 bits per heavy atom. The number of hydrogen-bond donors (Lipinski definition) is 1. The predicted molar refractivity (Wildman–Crippen MR) is 131 cm³/mol. The first-order chi connectivity index (χ1) is 16.9. The lowest BCUT2D eigenvalue weighted by Crippen LogP contribution is -2.29. The van der Waals surface area contributed by atoms with Gasteiger partial charge >= 0.3 is 6.09 Å². The van der Waals surface area contributed by atoms with E-state index in [-0.39, 0.29) is 27.8 Å². The number of oxime groups is 1. The summed E-state index contributed by atoms with van der Waals surface area (Å²) in [5.74, 6) is -0.520. The highest BCUT2D eigenvalue weighted by atomic mass is 32.2. The van der Waals surface area contributed by atoms with Gasteiger partial charge in [0.15, 0.2) is 27.5 Å². The Labute approximate surface area is 209 Å². The number of nitrogens with zero attached hydrogens (tertiary/aromatic N) is 3. The highest BCUT2D eigenvalue weighted by Crippen LogP contribution is 2.33. The van der Waals surface area contributed by atoms with Crippen LogP contribution in [-0.4, -0.2) is 66.1 Å². The molecule has 2 aliphatic rings. The molecule has 1 saturated heterocycles. The minimum absolute atomic E-state index is 0.0678. The van der Waals surface area contributed by atoms with E-state index in [1.807, 2.05) is 0 Å². The van der Waals surface area contributed by atoms with Gasteiger partial charge in [0.25, 0.3) is 5.91 Å². The largest absolute Gasteiger partial charge is 0.442 e. The molecule has 0 unspecified atom stereocenters. The molecule has 194 valence electrons. The van der Waals surface area contributed by atoms with Crippen LogP contribution < -0.4 is 5.32 Å². The van der Waals surface area contributed by atoms with Gasteiger partial charge in [-0.25, -0.2) is 13.2 Å². The monoisotopic (exact) mass is 518 g/mol. The van der Waals surface area contributed by atoms with Crippen molar-refractivity contribution in [3.8, 4) is 0 Å². The number of anilines is 1. The summed E-state index contributed by atoms with van der Waals surface area (Å²) in [4.78, 5) is 31.3. The summed E-state index contributed by atoms with van der Waals surface area (Å²) in [6.07, 6.45) is 0.983. The molecule has 1 aromatic heterocycles. The number of carbonyl (C=O) groups excluding carboxylic acids is 2. The first-order valence-electron chi connectivity index (χ1n) is 11.7. The summed E-state index contributed by atoms with van der Waals surface area (Å²) in [6.45, 7) is 7.78. The summed E-state index contributed by atoms with van der Waals surface area (Å²) in [5, 5.41) is 10.5. The molecule has 36 heavy (non-hydrogen) atoms. The lowest BCUT2D eigenvalue weighted by molar-refractivity contribution is -0.110. The first kappa shape index (κ1) is 25.8. The van der Waals surface area contributed by atoms with Crippen molar-refractivity contribution in [1.29, 1.82) is 0 Å². The molecule has 0 bridgehead atoms. The van der Waals surface area contributed by atoms with E-state index in [9.17, 15) is 18.0 Å². The van der Waals surface area contributed by atoms with Crippen molar-refractivity contribution in [1.82, 2.24) is 9.78 Å². The van der Waals surface area contributed by atoms with Crippen LogP contribution in [0, 0.1) is 6.92 Å². The minimum Gasteiger partial charge on any atom is -0.442 e. The fourth-order valence-electron chi connectivity index (χ4n) is 3.52. The standard InChI is InChI=1S/C24H30N4O7S/c1-15-13-20(26-28(15)23(30)34-24(2,3)4)25-22(29)21(27-35-17-11-12-33-14-17)16-5-7-18(8-6-16)36(31,32)19-9-10-19/h5-8,13,17,19H,9-12,14H2,1-4H3,(H,25,26,29)/t17-/m1/s1. The second-order valence-corrected chi connectivity index (χ2v) is 12.0. The number of rotatable bonds is 7. The van der Waals surface area contributed by atoms with Gasteiger partial charge in [-0.05, 0) is 52.7 Å². The average Bonchev–Trinajstić information content (AvgIpc) is 3.42. The predicted octanol–water partition coefficient (Wildman–Crippen LogP) is 3.06. The third-order valence-corrected chi connectivity index (χ3v) is 7.79. The molecular formula is C24H30N4O7S. The van der Waals surface area contributed by atoms with Crippen LogP contribution in [0.1, 0.15) is 51.3 Å². The zero-order valence-electron chi connectivity index (χ0n) is 20.7. The van der Waals surface area contributed by atoms with E-state index in [4.69, 9.17) is 14.3 Å². The molecule has 1 amide bonds. The Balaban J connectivity index is 1.56. The van der Waals surface area contributed by atoms with Gasteiger partial charge in [-0.2, -0.15) is 4.68 Å². The maximum Gasteiger partial charge on any atom is 0.435 e. The molecule has 2 fully saturated rings. The van der Waals surface area contributed by atoms with Crippen molar-refractivity contribution >= 4 is 33.4 Å². The van der Waals surface area contributed by atoms with Gasteiger partial charge in [0.2, 0.25) is 0 Å². The Morgan fingerprint density at radius 3 is 2.44 bits per heavy atom. The molecule has 0 spiro atoms. The van der Waals surface area contributed by atoms with Gasteiger partial charge in [-0.1, -0.05) is 17.3 Å². The molecule has 4 rings (SSSR count). The lowest BCUT2D eigenvalue weighted by atomic mass is 10.1. The van der Waals surface area contributed by atoms with E-state index >= 15 is 0 Å². The number of nitrogens with one attached hydrogen (secondary N) is 1. The maximum absolute atomic E-state index is 13.2. The van der Waals surface area contributed by atoms with E-state index in [1.54, 1.807) is 27.7 Å². The number of aromatic nitrogens is 2. The van der Waals surface area contributed by atoms with Crippen LogP contribution in [0.5, 0.6) is 0 Å². The smallest absolute Gasteiger partial charge is 0.435 e. The second-order valence-electron chi connectivity index (χ2n) is 9.82. The second kappa shape index (κ2) is 10.0. The van der Waals surface area contributed by atoms with Crippen molar-refractivity contribution in [2.45, 2.75) is 68.8 Å². The Bertz CT molecular complexity index is 1270. The number of carbonyl (C=O) groups is 2. The topological polar surface area (TPSA) is 138 Å². The number of sulfone groups is 1. The van der Waals surface area contributed by atoms with Gasteiger partial charge in [0.05, 0.1) is 23.4 Å². The average molecular weight is 519 g/mol. The van der Waals surface area contributed by atoms with Gasteiger partial charge in [-0.3, -0.25) is 4.79 Å². The van der Waals surface area contributed by atoms with Crippen LogP contribution >= 0.6 is 0 Å². The first-order valence-corrected chi connectivity index (χ1v) is 13.3. The van der Waals surface area contributed by atoms with Crippen LogP contribution in [0.15, 0.2) is 40.4 Å². The molecule has 11 nitrogen and oxygen atoms in total. The van der Waals surface area contributed by atoms with E-state index in [1.165, 1.54) is 30.3 Å². The van der Waals surface area contributed by atoms with Crippen LogP contribution in [-0.2, 0) is 28.9 Å². The molecular weight excluding hydrogens is 488 g/mol. The van der Waals surface area contributed by atoms with Crippen LogP contribution in [0.2, 0.25) is 0 Å². The Morgan fingerprint density at radius 2 is 1.86 bits per heavy atom. The van der Waals surface area contributed by atoms with Crippen LogP contribution in [0.25, 0.3) is 0 Å². The third-order valence-electron chi connectivity index (χ3n) is 5.51. The summed E-state index contributed by atoms with van der Waals surface area (Å²) in [5.41, 5.74) is 0.0531. The molecule has 1 saturated carbocycles. The van der Waals surface area contributed by atoms with E-state index in [0.717, 1.165) is 4.68 Å². The lowest BCUT2D eigenvalue weighted by Gasteiger charge is -2.19. The molecule has 0 radical (unpaired) electrons. The third kappa shape index (κ3) is 6.11. The minimum atomic E-state index is -3.37. The van der Waals surface area contributed by atoms with Gasteiger partial charge in [0.1, 0.15) is 5.60 Å². The van der Waals surface area contributed by atoms with Crippen molar-refractivity contribution in [2.75, 3.05) is 18.5 Å². The van der Waals surface area contributed by atoms with Crippen molar-refractivity contribution < 1.29 is 32.3 Å². The van der Waals surface area contributed by atoms with Crippen LogP contribution in [0.3, 0.4) is 0 Å². The van der Waals surface area contributed by atoms with E-state index in [2.05, 4.69) is 15.6 Å². The molecule has 1 N–H and O–H groups in total. The highest BCUT2D eigenvalue weighted by Gasteiger charge is 2.37. The number of ether oxygens (including phenoxy) is 2. The Kier molecular flexibility index (Phi) is 7.19. The summed E-state index contributed by atoms with van der Waals surface area (Å²) in [6, 6.07) is 7.49. The highest BCUT2D eigenvalue weighted by molar-refractivity contribution is 7.92. The molecule has 2 aromatic rings. The number of amides is 1. The molecule has 1 aliphatic carbocycles. The summed E-state index contributed by atoms with van der Waals surface area (Å²) in [7, 11) is -3.37. The summed E-state index contributed by atoms with van der Waals surface area (Å²) < 4.78 is 36.7. The van der Waals surface area contributed by atoms with Gasteiger partial charge < -0.3 is 19.6 Å². The van der Waals surface area contributed by atoms with Gasteiger partial charge in [0, 0.05) is 23.7 Å².